The van der Waals surface area contributed by atoms with Crippen molar-refractivity contribution in [3.63, 3.8) is 0 Å². The lowest BCUT2D eigenvalue weighted by atomic mass is 9.97. The molecule has 0 spiro atoms. The second-order valence-electron chi connectivity index (χ2n) is 8.70. The van der Waals surface area contributed by atoms with Gasteiger partial charge in [0.2, 0.25) is 0 Å². The van der Waals surface area contributed by atoms with Crippen molar-refractivity contribution >= 4 is 46.7 Å². The molecule has 12 heteroatoms. The number of esters is 1. The summed E-state index contributed by atoms with van der Waals surface area (Å²) in [4.78, 5) is 43.7. The predicted molar refractivity (Wildman–Crippen MR) is 134 cm³/mol. The van der Waals surface area contributed by atoms with Gasteiger partial charge in [0, 0.05) is 44.8 Å². The Labute approximate surface area is 214 Å². The first-order valence-electron chi connectivity index (χ1n) is 11.6. The number of hydrogen-bond acceptors (Lipinski definition) is 9. The lowest BCUT2D eigenvalue weighted by Gasteiger charge is -2.47. The molecule has 0 saturated carbocycles. The van der Waals surface area contributed by atoms with Gasteiger partial charge in [0.1, 0.15) is 11.0 Å². The number of halogens is 2. The normalized spacial score (nSPS) is 19.6. The van der Waals surface area contributed by atoms with Crippen LogP contribution in [0.1, 0.15) is 47.0 Å². The van der Waals surface area contributed by atoms with Crippen molar-refractivity contribution in [2.24, 2.45) is 0 Å². The van der Waals surface area contributed by atoms with Crippen LogP contribution in [0, 0.1) is 0 Å². The zero-order chi connectivity index (χ0) is 25.1. The Morgan fingerprint density at radius 1 is 1.14 bits per heavy atom. The van der Waals surface area contributed by atoms with Crippen molar-refractivity contribution in [2.75, 3.05) is 50.5 Å². The second-order valence-corrected chi connectivity index (χ2v) is 9.44. The first kappa shape index (κ1) is 25.4. The molecule has 1 atom stereocenters. The summed E-state index contributed by atoms with van der Waals surface area (Å²) in [5.74, 6) is 0.0628. The van der Waals surface area contributed by atoms with Gasteiger partial charge in [-0.2, -0.15) is 0 Å². The summed E-state index contributed by atoms with van der Waals surface area (Å²) in [6, 6.07) is 3.92. The third kappa shape index (κ3) is 5.44. The van der Waals surface area contributed by atoms with Crippen LogP contribution in [0.25, 0.3) is 0 Å². The molecule has 10 nitrogen and oxygen atoms in total. The smallest absolute Gasteiger partial charge is 0.358 e. The number of ether oxygens (including phenoxy) is 1. The fourth-order valence-corrected chi connectivity index (χ4v) is 5.30. The first-order chi connectivity index (χ1) is 16.8. The average Bonchev–Trinajstić information content (AvgIpc) is 2.87. The number of nitrogens with zero attached hydrogens (tertiary/aromatic N) is 6. The number of amides is 1. The number of methoxy groups -OCH3 is 1. The van der Waals surface area contributed by atoms with Crippen LogP contribution in [-0.2, 0) is 4.74 Å². The Morgan fingerprint density at radius 3 is 2.51 bits per heavy atom. The number of rotatable bonds is 5. The van der Waals surface area contributed by atoms with E-state index in [-0.39, 0.29) is 27.7 Å². The molecule has 2 saturated heterocycles. The van der Waals surface area contributed by atoms with Crippen LogP contribution in [0.3, 0.4) is 0 Å². The molecule has 188 valence electrons. The monoisotopic (exact) mass is 521 g/mol. The van der Waals surface area contributed by atoms with Gasteiger partial charge >= 0.3 is 5.97 Å². The number of piperidine rings is 1. The fraction of sp³-hybridized carbons (Fsp3) is 0.522. The van der Waals surface area contributed by atoms with Crippen molar-refractivity contribution in [2.45, 2.75) is 38.3 Å². The van der Waals surface area contributed by atoms with E-state index in [1.165, 1.54) is 13.3 Å². The van der Waals surface area contributed by atoms with Crippen LogP contribution in [0.2, 0.25) is 10.3 Å². The van der Waals surface area contributed by atoms with E-state index in [0.717, 1.165) is 38.9 Å². The molecule has 4 rings (SSSR count). The highest BCUT2D eigenvalue weighted by atomic mass is 35.5. The number of aromatic nitrogens is 3. The largest absolute Gasteiger partial charge is 0.464 e. The molecule has 0 unspecified atom stereocenters. The van der Waals surface area contributed by atoms with Gasteiger partial charge in [0.15, 0.2) is 16.7 Å². The summed E-state index contributed by atoms with van der Waals surface area (Å²) in [6.45, 7) is 5.85. The van der Waals surface area contributed by atoms with Gasteiger partial charge in [0.05, 0.1) is 18.9 Å². The molecule has 0 aromatic carbocycles. The van der Waals surface area contributed by atoms with E-state index in [9.17, 15) is 9.59 Å². The zero-order valence-electron chi connectivity index (χ0n) is 19.8. The van der Waals surface area contributed by atoms with Gasteiger partial charge in [-0.1, -0.05) is 30.1 Å². The molecule has 4 heterocycles. The number of carbonyl (C=O) groups is 2. The Hall–Kier alpha value is -2.69. The minimum Gasteiger partial charge on any atom is -0.464 e. The lowest BCUT2D eigenvalue weighted by molar-refractivity contribution is 0.0490. The van der Waals surface area contributed by atoms with Crippen molar-refractivity contribution < 1.29 is 14.3 Å². The van der Waals surface area contributed by atoms with Crippen molar-refractivity contribution in [3.8, 4) is 0 Å². The van der Waals surface area contributed by atoms with Crippen molar-refractivity contribution in [1.82, 2.24) is 24.8 Å². The van der Waals surface area contributed by atoms with Crippen LogP contribution in [0.5, 0.6) is 0 Å². The molecule has 2 aliphatic heterocycles. The maximum absolute atomic E-state index is 12.9. The standard InChI is InChI=1S/C23H29Cl2N7O3/c1-3-14-13-31(21-19(25)28-17(12-27-21)23(34)35-2)10-11-32(14)15-6-8-30(9-7-15)22(33)16-4-5-18(24)29-20(16)26/h4-5,12,14-15H,3,6-11,13H2,1-2H3,(H2,26,29)/t14-/m0/s1. The van der Waals surface area contributed by atoms with E-state index >= 15 is 0 Å². The van der Waals surface area contributed by atoms with Gasteiger partial charge in [-0.05, 0) is 31.4 Å². The summed E-state index contributed by atoms with van der Waals surface area (Å²) in [5, 5.41) is 0.466. The minimum absolute atomic E-state index is 0.0874. The van der Waals surface area contributed by atoms with Gasteiger partial charge in [-0.25, -0.2) is 19.7 Å². The number of carbonyl (C=O) groups excluding carboxylic acids is 2. The summed E-state index contributed by atoms with van der Waals surface area (Å²) in [7, 11) is 1.29. The van der Waals surface area contributed by atoms with E-state index in [0.29, 0.717) is 36.6 Å². The summed E-state index contributed by atoms with van der Waals surface area (Å²) >= 11 is 12.2. The Kier molecular flexibility index (Phi) is 7.93. The van der Waals surface area contributed by atoms with Crippen LogP contribution < -0.4 is 10.6 Å². The molecule has 0 bridgehead atoms. The molecule has 0 aliphatic carbocycles. The maximum atomic E-state index is 12.9. The Morgan fingerprint density at radius 2 is 1.89 bits per heavy atom. The minimum atomic E-state index is -0.568. The highest BCUT2D eigenvalue weighted by Crippen LogP contribution is 2.29. The molecule has 2 N–H and O–H groups in total. The highest BCUT2D eigenvalue weighted by molar-refractivity contribution is 6.31. The number of pyridine rings is 1. The quantitative estimate of drug-likeness (QED) is 0.467. The molecular weight excluding hydrogens is 493 g/mol. The number of anilines is 2. The molecule has 35 heavy (non-hydrogen) atoms. The van der Waals surface area contributed by atoms with E-state index in [1.54, 1.807) is 12.1 Å². The van der Waals surface area contributed by atoms with Crippen molar-refractivity contribution in [3.05, 3.63) is 39.9 Å². The van der Waals surface area contributed by atoms with E-state index in [4.69, 9.17) is 33.7 Å². The molecule has 2 aromatic heterocycles. The summed E-state index contributed by atoms with van der Waals surface area (Å²) < 4.78 is 4.69. The fourth-order valence-electron chi connectivity index (χ4n) is 4.88. The van der Waals surface area contributed by atoms with Crippen molar-refractivity contribution in [1.29, 1.82) is 0 Å². The van der Waals surface area contributed by atoms with Gasteiger partial charge in [0.25, 0.3) is 5.91 Å². The average molecular weight is 522 g/mol. The molecule has 2 aliphatic rings. The second kappa shape index (κ2) is 10.9. The zero-order valence-corrected chi connectivity index (χ0v) is 21.3. The summed E-state index contributed by atoms with van der Waals surface area (Å²) in [6.07, 6.45) is 4.14. The number of likely N-dealkylation sites (tertiary alicyclic amines) is 1. The number of hydrogen-bond donors (Lipinski definition) is 1. The van der Waals surface area contributed by atoms with Gasteiger partial charge < -0.3 is 20.3 Å². The SMILES string of the molecule is CC[C@H]1CN(c2ncc(C(=O)OC)nc2Cl)CCN1C1CCN(C(=O)c2ccc(Cl)nc2N)CC1. The van der Waals surface area contributed by atoms with E-state index in [2.05, 4.69) is 31.7 Å². The molecule has 1 amide bonds. The van der Waals surface area contributed by atoms with Crippen LogP contribution in [0.15, 0.2) is 18.3 Å². The van der Waals surface area contributed by atoms with Crippen LogP contribution in [0.4, 0.5) is 11.6 Å². The number of nitrogen functional groups attached to an aromatic ring is 1. The summed E-state index contributed by atoms with van der Waals surface area (Å²) in [5.41, 5.74) is 6.39. The molecular formula is C23H29Cl2N7O3. The third-order valence-electron chi connectivity index (χ3n) is 6.75. The Balaban J connectivity index is 1.37. The maximum Gasteiger partial charge on any atom is 0.358 e. The molecule has 0 radical (unpaired) electrons. The van der Waals surface area contributed by atoms with E-state index < -0.39 is 5.97 Å². The van der Waals surface area contributed by atoms with Crippen LogP contribution in [-0.4, -0.2) is 88.5 Å². The number of piperazine rings is 1. The lowest BCUT2D eigenvalue weighted by Crippen LogP contribution is -2.58. The molecule has 2 fully saturated rings. The number of nitrogens with two attached hydrogens (primary N) is 1. The topological polar surface area (TPSA) is 118 Å². The molecule has 2 aromatic rings. The van der Waals surface area contributed by atoms with E-state index in [1.807, 2.05) is 4.90 Å². The third-order valence-corrected chi connectivity index (χ3v) is 7.21. The Bertz CT molecular complexity index is 1090. The van der Waals surface area contributed by atoms with Crippen LogP contribution >= 0.6 is 23.2 Å². The first-order valence-corrected chi connectivity index (χ1v) is 12.4. The highest BCUT2D eigenvalue weighted by Gasteiger charge is 2.35. The predicted octanol–water partition coefficient (Wildman–Crippen LogP) is 2.75. The van der Waals surface area contributed by atoms with Gasteiger partial charge in [-0.3, -0.25) is 9.69 Å². The van der Waals surface area contributed by atoms with Gasteiger partial charge in [-0.15, -0.1) is 0 Å².